The number of amides is 1. The molecule has 2 aromatic carbocycles. The SMILES string of the molecule is O=C(NCc1ccc2c(c1)CNC2)c1cccc(S(=O)(=O)NC2CC2)c1. The van der Waals surface area contributed by atoms with Crippen LogP contribution in [0.1, 0.15) is 39.9 Å². The Morgan fingerprint density at radius 3 is 2.69 bits per heavy atom. The average molecular weight is 371 g/mol. The zero-order valence-electron chi connectivity index (χ0n) is 14.3. The van der Waals surface area contributed by atoms with Crippen molar-refractivity contribution in [2.75, 3.05) is 0 Å². The second-order valence-corrected chi connectivity index (χ2v) is 8.53. The second kappa shape index (κ2) is 6.83. The van der Waals surface area contributed by atoms with E-state index in [1.165, 1.54) is 23.3 Å². The lowest BCUT2D eigenvalue weighted by molar-refractivity contribution is 0.0950. The third-order valence-electron chi connectivity index (χ3n) is 4.66. The van der Waals surface area contributed by atoms with Crippen molar-refractivity contribution >= 4 is 15.9 Å². The molecule has 0 atom stereocenters. The minimum absolute atomic E-state index is 0.0341. The minimum Gasteiger partial charge on any atom is -0.348 e. The van der Waals surface area contributed by atoms with Crippen LogP contribution in [0.3, 0.4) is 0 Å². The number of carbonyl (C=O) groups is 1. The number of nitrogens with one attached hydrogen (secondary N) is 3. The van der Waals surface area contributed by atoms with Crippen molar-refractivity contribution in [2.24, 2.45) is 0 Å². The normalized spacial score (nSPS) is 16.3. The average Bonchev–Trinajstić information content (AvgIpc) is 3.31. The molecule has 1 aliphatic heterocycles. The monoisotopic (exact) mass is 371 g/mol. The molecular formula is C19H21N3O3S. The van der Waals surface area contributed by atoms with Crippen LogP contribution in [0.4, 0.5) is 0 Å². The number of rotatable bonds is 6. The molecule has 0 spiro atoms. The summed E-state index contributed by atoms with van der Waals surface area (Å²) >= 11 is 0. The first-order chi connectivity index (χ1) is 12.5. The van der Waals surface area contributed by atoms with Gasteiger partial charge in [-0.3, -0.25) is 4.79 Å². The maximum Gasteiger partial charge on any atom is 0.251 e. The summed E-state index contributed by atoms with van der Waals surface area (Å²) in [6, 6.07) is 12.4. The van der Waals surface area contributed by atoms with Gasteiger partial charge in [-0.15, -0.1) is 0 Å². The standard InChI is InChI=1S/C19H21N3O3S/c23-19(21-10-13-4-5-15-11-20-12-16(15)8-13)14-2-1-3-18(9-14)26(24,25)22-17-6-7-17/h1-5,8-9,17,20,22H,6-7,10-12H2,(H,21,23). The zero-order valence-corrected chi connectivity index (χ0v) is 15.1. The van der Waals surface area contributed by atoms with Gasteiger partial charge in [0.25, 0.3) is 5.91 Å². The molecule has 1 heterocycles. The molecule has 4 rings (SSSR count). The summed E-state index contributed by atoms with van der Waals surface area (Å²) in [4.78, 5) is 12.6. The van der Waals surface area contributed by atoms with E-state index in [0.29, 0.717) is 12.1 Å². The van der Waals surface area contributed by atoms with Gasteiger partial charge in [0, 0.05) is 31.2 Å². The molecular weight excluding hydrogens is 350 g/mol. The zero-order chi connectivity index (χ0) is 18.1. The van der Waals surface area contributed by atoms with Gasteiger partial charge in [0.15, 0.2) is 0 Å². The van der Waals surface area contributed by atoms with Crippen molar-refractivity contribution in [1.29, 1.82) is 0 Å². The molecule has 0 unspecified atom stereocenters. The third kappa shape index (κ3) is 3.80. The van der Waals surface area contributed by atoms with E-state index in [4.69, 9.17) is 0 Å². The highest BCUT2D eigenvalue weighted by molar-refractivity contribution is 7.89. The highest BCUT2D eigenvalue weighted by atomic mass is 32.2. The highest BCUT2D eigenvalue weighted by Crippen LogP contribution is 2.22. The first-order valence-electron chi connectivity index (χ1n) is 8.73. The molecule has 2 aromatic rings. The lowest BCUT2D eigenvalue weighted by Crippen LogP contribution is -2.27. The molecule has 0 aromatic heterocycles. The third-order valence-corrected chi connectivity index (χ3v) is 6.18. The molecule has 0 bridgehead atoms. The minimum atomic E-state index is -3.56. The largest absolute Gasteiger partial charge is 0.348 e. The molecule has 1 amide bonds. The van der Waals surface area contributed by atoms with Crippen LogP contribution in [-0.2, 0) is 29.7 Å². The number of hydrogen-bond acceptors (Lipinski definition) is 4. The molecule has 0 saturated heterocycles. The maximum absolute atomic E-state index is 12.4. The lowest BCUT2D eigenvalue weighted by Gasteiger charge is -2.09. The summed E-state index contributed by atoms with van der Waals surface area (Å²) in [6.07, 6.45) is 1.74. The van der Waals surface area contributed by atoms with Gasteiger partial charge >= 0.3 is 0 Å². The number of fused-ring (bicyclic) bond motifs is 1. The predicted molar refractivity (Wildman–Crippen MR) is 97.9 cm³/mol. The summed E-state index contributed by atoms with van der Waals surface area (Å²) < 4.78 is 27.2. The van der Waals surface area contributed by atoms with Crippen LogP contribution in [0.15, 0.2) is 47.4 Å². The van der Waals surface area contributed by atoms with Crippen LogP contribution in [0.25, 0.3) is 0 Å². The van der Waals surface area contributed by atoms with Crippen LogP contribution in [0.2, 0.25) is 0 Å². The van der Waals surface area contributed by atoms with E-state index in [-0.39, 0.29) is 16.8 Å². The van der Waals surface area contributed by atoms with Crippen LogP contribution in [-0.4, -0.2) is 20.4 Å². The van der Waals surface area contributed by atoms with Gasteiger partial charge in [-0.25, -0.2) is 13.1 Å². The molecule has 136 valence electrons. The van der Waals surface area contributed by atoms with Crippen molar-refractivity contribution in [3.63, 3.8) is 0 Å². The molecule has 3 N–H and O–H groups in total. The molecule has 1 aliphatic carbocycles. The van der Waals surface area contributed by atoms with Crippen molar-refractivity contribution < 1.29 is 13.2 Å². The Balaban J connectivity index is 1.44. The highest BCUT2D eigenvalue weighted by Gasteiger charge is 2.28. The van der Waals surface area contributed by atoms with E-state index in [2.05, 4.69) is 27.5 Å². The fourth-order valence-corrected chi connectivity index (χ4v) is 4.39. The molecule has 0 radical (unpaired) electrons. The fraction of sp³-hybridized carbons (Fsp3) is 0.316. The van der Waals surface area contributed by atoms with E-state index < -0.39 is 10.0 Å². The van der Waals surface area contributed by atoms with Crippen molar-refractivity contribution in [3.8, 4) is 0 Å². The van der Waals surface area contributed by atoms with E-state index in [1.807, 2.05) is 6.07 Å². The van der Waals surface area contributed by atoms with Crippen molar-refractivity contribution in [1.82, 2.24) is 15.4 Å². The molecule has 2 aliphatic rings. The quantitative estimate of drug-likeness (QED) is 0.721. The number of sulfonamides is 1. The smallest absolute Gasteiger partial charge is 0.251 e. The van der Waals surface area contributed by atoms with Crippen molar-refractivity contribution in [2.45, 2.75) is 43.4 Å². The molecule has 1 saturated carbocycles. The van der Waals surface area contributed by atoms with E-state index in [1.54, 1.807) is 12.1 Å². The Morgan fingerprint density at radius 1 is 1.08 bits per heavy atom. The van der Waals surface area contributed by atoms with Crippen molar-refractivity contribution in [3.05, 3.63) is 64.7 Å². The molecule has 6 nitrogen and oxygen atoms in total. The van der Waals surface area contributed by atoms with Gasteiger partial charge in [-0.1, -0.05) is 24.3 Å². The lowest BCUT2D eigenvalue weighted by atomic mass is 10.1. The predicted octanol–water partition coefficient (Wildman–Crippen LogP) is 1.66. The Bertz CT molecular complexity index is 952. The summed E-state index contributed by atoms with van der Waals surface area (Å²) in [6.45, 7) is 2.15. The number of carbonyl (C=O) groups excluding carboxylic acids is 1. The molecule has 1 fully saturated rings. The van der Waals surface area contributed by atoms with Gasteiger partial charge in [-0.2, -0.15) is 0 Å². The Labute approximate surface area is 153 Å². The topological polar surface area (TPSA) is 87.3 Å². The number of benzene rings is 2. The van der Waals surface area contributed by atoms with Crippen LogP contribution in [0.5, 0.6) is 0 Å². The van der Waals surface area contributed by atoms with Gasteiger partial charge in [-0.05, 0) is 47.7 Å². The van der Waals surface area contributed by atoms with E-state index in [9.17, 15) is 13.2 Å². The maximum atomic E-state index is 12.4. The molecule has 26 heavy (non-hydrogen) atoms. The van der Waals surface area contributed by atoms with E-state index in [0.717, 1.165) is 31.5 Å². The Kier molecular flexibility index (Phi) is 4.52. The summed E-state index contributed by atoms with van der Waals surface area (Å²) in [7, 11) is -3.56. The first kappa shape index (κ1) is 17.2. The van der Waals surface area contributed by atoms with Gasteiger partial charge in [0.1, 0.15) is 0 Å². The number of hydrogen-bond donors (Lipinski definition) is 3. The Hall–Kier alpha value is -2.22. The first-order valence-corrected chi connectivity index (χ1v) is 10.2. The Morgan fingerprint density at radius 2 is 1.88 bits per heavy atom. The second-order valence-electron chi connectivity index (χ2n) is 6.81. The van der Waals surface area contributed by atoms with Gasteiger partial charge in [0.05, 0.1) is 4.90 Å². The summed E-state index contributed by atoms with van der Waals surface area (Å²) in [5.74, 6) is -0.285. The summed E-state index contributed by atoms with van der Waals surface area (Å²) in [5, 5.41) is 6.16. The van der Waals surface area contributed by atoms with Gasteiger partial charge in [0.2, 0.25) is 10.0 Å². The molecule has 7 heteroatoms. The van der Waals surface area contributed by atoms with Crippen LogP contribution < -0.4 is 15.4 Å². The fourth-order valence-electron chi connectivity index (χ4n) is 3.04. The van der Waals surface area contributed by atoms with Gasteiger partial charge < -0.3 is 10.6 Å². The van der Waals surface area contributed by atoms with E-state index >= 15 is 0 Å². The summed E-state index contributed by atoms with van der Waals surface area (Å²) in [5.41, 5.74) is 3.92. The van der Waals surface area contributed by atoms with Crippen LogP contribution >= 0.6 is 0 Å². The van der Waals surface area contributed by atoms with Crippen LogP contribution in [0, 0.1) is 0 Å².